The Morgan fingerprint density at radius 2 is 1.08 bits per heavy atom. The van der Waals surface area contributed by atoms with E-state index in [4.69, 9.17) is 23.6 Å². The van der Waals surface area contributed by atoms with Crippen molar-refractivity contribution >= 4 is 35.1 Å². The zero-order chi connectivity index (χ0) is 9.83. The fourth-order valence-corrected chi connectivity index (χ4v) is 10.1. The summed E-state index contributed by atoms with van der Waals surface area (Å²) in [7, 11) is 0. The molecule has 12 heavy (non-hydrogen) atoms. The van der Waals surface area contributed by atoms with E-state index in [1.54, 1.807) is 0 Å². The Hall–Kier alpha value is 1.30. The summed E-state index contributed by atoms with van der Waals surface area (Å²) in [6, 6.07) is 0. The van der Waals surface area contributed by atoms with Gasteiger partial charge in [0.15, 0.2) is 0 Å². The Labute approximate surface area is 87.4 Å². The van der Waals surface area contributed by atoms with Crippen molar-refractivity contribution in [3.63, 3.8) is 0 Å². The number of hydrogen-bond donors (Lipinski definition) is 0. The summed E-state index contributed by atoms with van der Waals surface area (Å²) in [6.45, 7) is 8.99. The van der Waals surface area contributed by atoms with Gasteiger partial charge in [-0.15, -0.1) is 0 Å². The van der Waals surface area contributed by atoms with Gasteiger partial charge in [0.1, 0.15) is 0 Å². The molecular formula is C8H20P2S2. The van der Waals surface area contributed by atoms with Crippen LogP contribution in [-0.2, 0) is 23.6 Å². The molecule has 2 atom stereocenters. The molecular weight excluding hydrogens is 222 g/mol. The average Bonchev–Trinajstić information content (AvgIpc) is 1.86. The molecule has 0 aliphatic carbocycles. The Balaban J connectivity index is 4.52. The topological polar surface area (TPSA) is 0 Å². The second-order valence-electron chi connectivity index (χ2n) is 3.55. The van der Waals surface area contributed by atoms with Gasteiger partial charge < -0.3 is 0 Å². The van der Waals surface area contributed by atoms with Crippen LogP contribution in [0.25, 0.3) is 0 Å². The average molecular weight is 242 g/mol. The molecule has 0 aromatic rings. The van der Waals surface area contributed by atoms with Crippen LogP contribution < -0.4 is 0 Å². The minimum Gasteiger partial charge on any atom is -0.0922 e. The quantitative estimate of drug-likeness (QED) is 0.670. The van der Waals surface area contributed by atoms with Crippen molar-refractivity contribution in [2.75, 3.05) is 25.7 Å². The fourth-order valence-electron chi connectivity index (χ4n) is 1.25. The van der Waals surface area contributed by atoms with Gasteiger partial charge in [0.25, 0.3) is 0 Å². The van der Waals surface area contributed by atoms with E-state index >= 15 is 0 Å². The van der Waals surface area contributed by atoms with Crippen LogP contribution >= 0.6 is 11.5 Å². The molecule has 0 bridgehead atoms. The number of rotatable bonds is 5. The molecule has 0 fully saturated rings. The molecule has 0 aromatic heterocycles. The third-order valence-electron chi connectivity index (χ3n) is 2.17. The first-order valence-electron chi connectivity index (χ1n) is 4.51. The van der Waals surface area contributed by atoms with E-state index in [0.717, 1.165) is 0 Å². The maximum atomic E-state index is 5.70. The lowest BCUT2D eigenvalue weighted by molar-refractivity contribution is 1.09. The summed E-state index contributed by atoms with van der Waals surface area (Å²) in [5, 5.41) is 0. The van der Waals surface area contributed by atoms with Crippen molar-refractivity contribution in [1.29, 1.82) is 0 Å². The minimum absolute atomic E-state index is 1.15. The Morgan fingerprint density at radius 1 is 0.833 bits per heavy atom. The van der Waals surface area contributed by atoms with Crippen LogP contribution in [0.15, 0.2) is 0 Å². The number of hydrogen-bond acceptors (Lipinski definition) is 2. The molecule has 0 amide bonds. The van der Waals surface area contributed by atoms with Crippen LogP contribution in [0.2, 0.25) is 0 Å². The third kappa shape index (κ3) is 3.58. The monoisotopic (exact) mass is 242 g/mol. The smallest absolute Gasteiger partial charge is 0.0161 e. The van der Waals surface area contributed by atoms with Crippen molar-refractivity contribution in [3.05, 3.63) is 0 Å². The van der Waals surface area contributed by atoms with E-state index in [1.165, 1.54) is 25.2 Å². The SMILES string of the molecule is CCCP(C)(=S)P(C)(=S)CCC. The van der Waals surface area contributed by atoms with E-state index < -0.39 is 11.5 Å². The molecule has 2 unspecified atom stereocenters. The highest BCUT2D eigenvalue weighted by molar-refractivity contribution is 8.65. The Kier molecular flexibility index (Phi) is 5.82. The Morgan fingerprint density at radius 3 is 1.25 bits per heavy atom. The Bertz CT molecular complexity index is 199. The molecule has 0 saturated carbocycles. The zero-order valence-corrected chi connectivity index (χ0v) is 12.0. The third-order valence-corrected chi connectivity index (χ3v) is 21.6. The minimum atomic E-state index is -1.15. The van der Waals surface area contributed by atoms with Gasteiger partial charge >= 0.3 is 0 Å². The van der Waals surface area contributed by atoms with Gasteiger partial charge in [0.05, 0.1) is 0 Å². The first kappa shape index (κ1) is 13.3. The van der Waals surface area contributed by atoms with Gasteiger partial charge in [-0.25, -0.2) is 0 Å². The second-order valence-corrected chi connectivity index (χ2v) is 20.4. The van der Waals surface area contributed by atoms with Gasteiger partial charge in [0, 0.05) is 0 Å². The highest BCUT2D eigenvalue weighted by Crippen LogP contribution is 2.78. The van der Waals surface area contributed by atoms with Crippen molar-refractivity contribution in [1.82, 2.24) is 0 Å². The summed E-state index contributed by atoms with van der Waals surface area (Å²) < 4.78 is 0. The summed E-state index contributed by atoms with van der Waals surface area (Å²) in [4.78, 5) is 0. The summed E-state index contributed by atoms with van der Waals surface area (Å²) in [6.07, 6.45) is 4.86. The van der Waals surface area contributed by atoms with Gasteiger partial charge in [-0.05, 0) is 37.1 Å². The molecule has 0 nitrogen and oxygen atoms in total. The van der Waals surface area contributed by atoms with Gasteiger partial charge in [-0.3, -0.25) is 0 Å². The molecule has 0 aromatic carbocycles. The predicted octanol–water partition coefficient (Wildman–Crippen LogP) is 3.94. The van der Waals surface area contributed by atoms with Crippen molar-refractivity contribution in [3.8, 4) is 0 Å². The summed E-state index contributed by atoms with van der Waals surface area (Å²) >= 11 is 11.4. The van der Waals surface area contributed by atoms with Crippen LogP contribution in [0.5, 0.6) is 0 Å². The van der Waals surface area contributed by atoms with E-state index in [2.05, 4.69) is 27.2 Å². The molecule has 0 N–H and O–H groups in total. The van der Waals surface area contributed by atoms with Crippen LogP contribution in [-0.4, -0.2) is 25.7 Å². The fraction of sp³-hybridized carbons (Fsp3) is 1.00. The molecule has 0 spiro atoms. The zero-order valence-electron chi connectivity index (χ0n) is 8.54. The summed E-state index contributed by atoms with van der Waals surface area (Å²) in [5.41, 5.74) is -2.31. The maximum absolute atomic E-state index is 5.70. The molecule has 74 valence electrons. The summed E-state index contributed by atoms with van der Waals surface area (Å²) in [5.74, 6) is 0. The van der Waals surface area contributed by atoms with Crippen molar-refractivity contribution in [2.24, 2.45) is 0 Å². The molecule has 0 radical (unpaired) electrons. The van der Waals surface area contributed by atoms with E-state index in [-0.39, 0.29) is 0 Å². The van der Waals surface area contributed by atoms with Gasteiger partial charge in [0.2, 0.25) is 0 Å². The molecule has 0 saturated heterocycles. The van der Waals surface area contributed by atoms with E-state index in [9.17, 15) is 0 Å². The normalized spacial score (nSPS) is 21.3. The largest absolute Gasteiger partial charge is 0.0922 e. The van der Waals surface area contributed by atoms with Crippen LogP contribution in [0.3, 0.4) is 0 Å². The van der Waals surface area contributed by atoms with Crippen LogP contribution in [0.1, 0.15) is 26.7 Å². The van der Waals surface area contributed by atoms with Crippen LogP contribution in [0, 0.1) is 0 Å². The first-order chi connectivity index (χ1) is 5.37. The lowest BCUT2D eigenvalue weighted by Crippen LogP contribution is -1.91. The highest BCUT2D eigenvalue weighted by atomic mass is 32.8. The second kappa shape index (κ2) is 5.25. The molecule has 0 aliphatic rings. The van der Waals surface area contributed by atoms with E-state index in [1.807, 2.05) is 0 Å². The molecule has 0 heterocycles. The lowest BCUT2D eigenvalue weighted by atomic mass is 10.6. The van der Waals surface area contributed by atoms with Crippen LogP contribution in [0.4, 0.5) is 0 Å². The van der Waals surface area contributed by atoms with E-state index in [0.29, 0.717) is 0 Å². The van der Waals surface area contributed by atoms with Gasteiger partial charge in [-0.2, -0.15) is 0 Å². The van der Waals surface area contributed by atoms with Crippen molar-refractivity contribution < 1.29 is 0 Å². The predicted molar refractivity (Wildman–Crippen MR) is 70.7 cm³/mol. The molecule has 0 aliphatic heterocycles. The first-order valence-corrected chi connectivity index (χ1v) is 12.1. The molecule has 4 heteroatoms. The van der Waals surface area contributed by atoms with Crippen molar-refractivity contribution in [2.45, 2.75) is 26.7 Å². The maximum Gasteiger partial charge on any atom is -0.0161 e. The molecule has 0 rings (SSSR count). The highest BCUT2D eigenvalue weighted by Gasteiger charge is 2.23. The van der Waals surface area contributed by atoms with Gasteiger partial charge in [-0.1, -0.05) is 50.3 Å². The lowest BCUT2D eigenvalue weighted by Gasteiger charge is -2.28. The standard InChI is InChI=1S/C8H20P2S2/c1-5-7-9(3,11)10(4,12)8-6-2/h5-8H2,1-4H3.